The van der Waals surface area contributed by atoms with Gasteiger partial charge in [0.15, 0.2) is 0 Å². The zero-order chi connectivity index (χ0) is 18.1. The lowest BCUT2D eigenvalue weighted by Crippen LogP contribution is -2.49. The highest BCUT2D eigenvalue weighted by atomic mass is 19.1. The van der Waals surface area contributed by atoms with Crippen LogP contribution in [0.5, 0.6) is 0 Å². The van der Waals surface area contributed by atoms with Crippen LogP contribution in [0.2, 0.25) is 0 Å². The Balaban J connectivity index is 1.44. The number of hydrogen-bond donors (Lipinski definition) is 0. The van der Waals surface area contributed by atoms with Crippen molar-refractivity contribution in [3.8, 4) is 0 Å². The second kappa shape index (κ2) is 6.71. The average molecular weight is 353 g/mol. The largest absolute Gasteiger partial charge is 0.341 e. The van der Waals surface area contributed by atoms with Crippen LogP contribution in [0.15, 0.2) is 59.2 Å². The van der Waals surface area contributed by atoms with Crippen LogP contribution in [0.25, 0.3) is 6.08 Å². The van der Waals surface area contributed by atoms with Crippen molar-refractivity contribution in [1.29, 1.82) is 0 Å². The van der Waals surface area contributed by atoms with Crippen molar-refractivity contribution in [2.45, 2.75) is 12.5 Å². The molecule has 0 spiro atoms. The highest BCUT2D eigenvalue weighted by Crippen LogP contribution is 2.31. The molecular formula is C20H17F2N3O. The summed E-state index contributed by atoms with van der Waals surface area (Å²) in [4.78, 5) is 14.3. The molecule has 0 bridgehead atoms. The van der Waals surface area contributed by atoms with E-state index in [2.05, 4.69) is 5.10 Å². The molecule has 2 aliphatic heterocycles. The lowest BCUT2D eigenvalue weighted by Gasteiger charge is -2.37. The van der Waals surface area contributed by atoms with Crippen molar-refractivity contribution in [2.24, 2.45) is 5.10 Å². The van der Waals surface area contributed by atoms with E-state index in [1.165, 1.54) is 23.2 Å². The number of halogens is 2. The predicted octanol–water partition coefficient (Wildman–Crippen LogP) is 4.22. The molecule has 0 aromatic heterocycles. The van der Waals surface area contributed by atoms with Crippen LogP contribution in [0, 0.1) is 11.6 Å². The van der Waals surface area contributed by atoms with E-state index in [-0.39, 0.29) is 23.7 Å². The lowest BCUT2D eigenvalue weighted by molar-refractivity contribution is 0.136. The monoisotopic (exact) mass is 353 g/mol. The number of urea groups is 1. The lowest BCUT2D eigenvalue weighted by atomic mass is 10.0. The maximum absolute atomic E-state index is 13.7. The van der Waals surface area contributed by atoms with Gasteiger partial charge in [0.1, 0.15) is 11.6 Å². The first-order valence-corrected chi connectivity index (χ1v) is 8.42. The minimum absolute atomic E-state index is 0.223. The first-order valence-electron chi connectivity index (χ1n) is 8.42. The fraction of sp³-hybridized carbons (Fsp3) is 0.200. The Labute approximate surface area is 150 Å². The molecule has 0 saturated carbocycles. The molecule has 2 heterocycles. The fourth-order valence-corrected chi connectivity index (χ4v) is 3.22. The van der Waals surface area contributed by atoms with Crippen molar-refractivity contribution in [3.63, 3.8) is 0 Å². The van der Waals surface area contributed by atoms with Crippen LogP contribution in [-0.4, -0.2) is 35.2 Å². The highest BCUT2D eigenvalue weighted by molar-refractivity contribution is 5.80. The maximum atomic E-state index is 13.7. The van der Waals surface area contributed by atoms with Gasteiger partial charge >= 0.3 is 6.03 Å². The SMILES string of the molecule is O=C(N1CC(=Cc2ccccc2F)C1)N1N=CCC1c1cccc(F)c1. The summed E-state index contributed by atoms with van der Waals surface area (Å²) in [6.45, 7) is 0.879. The highest BCUT2D eigenvalue weighted by Gasteiger charge is 2.35. The smallest absolute Gasteiger partial charge is 0.315 e. The van der Waals surface area contributed by atoms with Crippen LogP contribution in [0.3, 0.4) is 0 Å². The topological polar surface area (TPSA) is 35.9 Å². The summed E-state index contributed by atoms with van der Waals surface area (Å²) >= 11 is 0. The molecule has 132 valence electrons. The van der Waals surface area contributed by atoms with Gasteiger partial charge in [-0.15, -0.1) is 0 Å². The van der Waals surface area contributed by atoms with Gasteiger partial charge in [0.25, 0.3) is 0 Å². The molecule has 2 amide bonds. The number of benzene rings is 2. The van der Waals surface area contributed by atoms with Gasteiger partial charge < -0.3 is 4.90 Å². The second-order valence-corrected chi connectivity index (χ2v) is 6.41. The van der Waals surface area contributed by atoms with Crippen molar-refractivity contribution in [2.75, 3.05) is 13.1 Å². The van der Waals surface area contributed by atoms with Crippen LogP contribution in [0.1, 0.15) is 23.6 Å². The van der Waals surface area contributed by atoms with Gasteiger partial charge in [-0.25, -0.2) is 18.6 Å². The Morgan fingerprint density at radius 1 is 1.12 bits per heavy atom. The quantitative estimate of drug-likeness (QED) is 0.796. The molecule has 0 aliphatic carbocycles. The molecule has 1 fully saturated rings. The molecule has 26 heavy (non-hydrogen) atoms. The molecule has 4 rings (SSSR count). The number of nitrogens with zero attached hydrogens (tertiary/aromatic N) is 3. The Hall–Kier alpha value is -3.02. The van der Waals surface area contributed by atoms with Crippen LogP contribution >= 0.6 is 0 Å². The summed E-state index contributed by atoms with van der Waals surface area (Å²) in [5.74, 6) is -0.610. The zero-order valence-corrected chi connectivity index (χ0v) is 14.0. The standard InChI is InChI=1S/C20H17F2N3O/c21-17-6-3-5-16(11-17)19-8-9-23-25(19)20(26)24-12-14(13-24)10-15-4-1-2-7-18(15)22/h1-7,9-11,19H,8,12-13H2. The molecule has 1 saturated heterocycles. The molecule has 0 radical (unpaired) electrons. The molecule has 0 N–H and O–H groups in total. The minimum Gasteiger partial charge on any atom is -0.315 e. The first kappa shape index (κ1) is 16.4. The third-order valence-electron chi connectivity index (χ3n) is 4.58. The number of hydrazone groups is 1. The summed E-state index contributed by atoms with van der Waals surface area (Å²) in [5, 5.41) is 5.56. The van der Waals surface area contributed by atoms with E-state index in [4.69, 9.17) is 0 Å². The molecule has 6 heteroatoms. The molecule has 2 aromatic carbocycles. The van der Waals surface area contributed by atoms with Crippen LogP contribution in [-0.2, 0) is 0 Å². The van der Waals surface area contributed by atoms with E-state index in [1.807, 2.05) is 0 Å². The van der Waals surface area contributed by atoms with Crippen LogP contribution in [0.4, 0.5) is 13.6 Å². The van der Waals surface area contributed by atoms with E-state index in [1.54, 1.807) is 47.5 Å². The molecule has 2 aromatic rings. The van der Waals surface area contributed by atoms with Crippen molar-refractivity contribution in [1.82, 2.24) is 9.91 Å². The first-order chi connectivity index (χ1) is 12.6. The van der Waals surface area contributed by atoms with Crippen LogP contribution < -0.4 is 0 Å². The molecule has 4 nitrogen and oxygen atoms in total. The van der Waals surface area contributed by atoms with Gasteiger partial charge in [-0.05, 0) is 35.4 Å². The number of hydrogen-bond acceptors (Lipinski definition) is 2. The number of carbonyl (C=O) groups is 1. The van der Waals surface area contributed by atoms with Crippen molar-refractivity contribution >= 4 is 18.3 Å². The average Bonchev–Trinajstić information content (AvgIpc) is 3.08. The third kappa shape index (κ3) is 3.10. The summed E-state index contributed by atoms with van der Waals surface area (Å²) in [6.07, 6.45) is 4.00. The number of amides is 2. The Bertz CT molecular complexity index is 901. The summed E-state index contributed by atoms with van der Waals surface area (Å²) in [5.41, 5.74) is 2.22. The number of likely N-dealkylation sites (tertiary alicyclic amines) is 1. The number of rotatable bonds is 2. The van der Waals surface area contributed by atoms with E-state index in [0.29, 0.717) is 25.1 Å². The van der Waals surface area contributed by atoms with E-state index >= 15 is 0 Å². The van der Waals surface area contributed by atoms with E-state index < -0.39 is 0 Å². The Morgan fingerprint density at radius 3 is 2.69 bits per heavy atom. The van der Waals surface area contributed by atoms with E-state index in [0.717, 1.165) is 11.1 Å². The second-order valence-electron chi connectivity index (χ2n) is 6.41. The molecule has 2 aliphatic rings. The molecule has 1 atom stereocenters. The molecular weight excluding hydrogens is 336 g/mol. The van der Waals surface area contributed by atoms with Gasteiger partial charge in [-0.3, -0.25) is 0 Å². The van der Waals surface area contributed by atoms with Crippen molar-refractivity contribution < 1.29 is 13.6 Å². The molecule has 1 unspecified atom stereocenters. The van der Waals surface area contributed by atoms with Gasteiger partial charge in [-0.1, -0.05) is 30.3 Å². The van der Waals surface area contributed by atoms with Gasteiger partial charge in [0, 0.05) is 31.3 Å². The number of carbonyl (C=O) groups excluding carboxylic acids is 1. The minimum atomic E-state index is -0.333. The summed E-state index contributed by atoms with van der Waals surface area (Å²) in [6, 6.07) is 12.3. The Morgan fingerprint density at radius 2 is 1.92 bits per heavy atom. The van der Waals surface area contributed by atoms with Crippen molar-refractivity contribution in [3.05, 3.63) is 76.9 Å². The van der Waals surface area contributed by atoms with Gasteiger partial charge in [0.2, 0.25) is 0 Å². The summed E-state index contributed by atoms with van der Waals surface area (Å²) < 4.78 is 27.2. The van der Waals surface area contributed by atoms with Gasteiger partial charge in [0.05, 0.1) is 6.04 Å². The Kier molecular flexibility index (Phi) is 4.24. The van der Waals surface area contributed by atoms with E-state index in [9.17, 15) is 13.6 Å². The normalized spacial score (nSPS) is 18.8. The maximum Gasteiger partial charge on any atom is 0.341 e. The van der Waals surface area contributed by atoms with Gasteiger partial charge in [-0.2, -0.15) is 5.10 Å². The zero-order valence-electron chi connectivity index (χ0n) is 14.0. The third-order valence-corrected chi connectivity index (χ3v) is 4.58. The predicted molar refractivity (Wildman–Crippen MR) is 95.4 cm³/mol. The fourth-order valence-electron chi connectivity index (χ4n) is 3.22. The summed E-state index contributed by atoms with van der Waals surface area (Å²) in [7, 11) is 0.